The van der Waals surface area contributed by atoms with E-state index in [9.17, 15) is 0 Å². The van der Waals surface area contributed by atoms with E-state index in [4.69, 9.17) is 4.74 Å². The third-order valence-electron chi connectivity index (χ3n) is 5.42. The van der Waals surface area contributed by atoms with Gasteiger partial charge in [-0.2, -0.15) is 0 Å². The van der Waals surface area contributed by atoms with Crippen LogP contribution in [0, 0.1) is 23.7 Å². The third kappa shape index (κ3) is 0.611. The summed E-state index contributed by atoms with van der Waals surface area (Å²) in [6, 6.07) is 6.63. The zero-order valence-corrected chi connectivity index (χ0v) is 9.26. The van der Waals surface area contributed by atoms with Gasteiger partial charge in [0.2, 0.25) is 0 Å². The maximum Gasteiger partial charge on any atom is 0.122 e. The largest absolute Gasteiger partial charge is 0.496 e. The van der Waals surface area contributed by atoms with Crippen molar-refractivity contribution < 1.29 is 4.74 Å². The average Bonchev–Trinajstić information content (AvgIpc) is 2.80. The van der Waals surface area contributed by atoms with Gasteiger partial charge in [-0.15, -0.1) is 0 Å². The highest BCUT2D eigenvalue weighted by atomic mass is 16.5. The fraction of sp³-hybridized carbons (Fsp3) is 0.467. The molecule has 0 bridgehead atoms. The first kappa shape index (κ1) is 7.94. The molecule has 0 spiro atoms. The van der Waals surface area contributed by atoms with Crippen molar-refractivity contribution in [3.05, 3.63) is 41.5 Å². The van der Waals surface area contributed by atoms with Gasteiger partial charge < -0.3 is 4.74 Å². The average molecular weight is 210 g/mol. The van der Waals surface area contributed by atoms with Crippen molar-refractivity contribution in [2.45, 2.75) is 11.8 Å². The van der Waals surface area contributed by atoms with Crippen LogP contribution in [0.15, 0.2) is 30.4 Å². The molecule has 6 atom stereocenters. The molecule has 1 aromatic rings. The molecule has 0 amide bonds. The van der Waals surface area contributed by atoms with E-state index < -0.39 is 0 Å². The SMILES string of the molecule is COc1cccc2c1[C@H]1[C@@H]3[C@H]2[C@H]2C=C[C@H]2[C@@H]13. The number of hydrogen-bond acceptors (Lipinski definition) is 1. The highest BCUT2D eigenvalue weighted by molar-refractivity contribution is 5.59. The van der Waals surface area contributed by atoms with E-state index in [0.717, 1.165) is 41.3 Å². The minimum Gasteiger partial charge on any atom is -0.496 e. The number of rotatable bonds is 1. The van der Waals surface area contributed by atoms with Crippen molar-refractivity contribution in [1.82, 2.24) is 0 Å². The van der Waals surface area contributed by atoms with Crippen LogP contribution in [0.25, 0.3) is 0 Å². The number of benzene rings is 1. The zero-order chi connectivity index (χ0) is 10.4. The fourth-order valence-corrected chi connectivity index (χ4v) is 4.87. The second-order valence-electron chi connectivity index (χ2n) is 5.71. The molecule has 2 fully saturated rings. The lowest BCUT2D eigenvalue weighted by atomic mass is 9.76. The van der Waals surface area contributed by atoms with Crippen LogP contribution in [0.4, 0.5) is 0 Å². The van der Waals surface area contributed by atoms with E-state index in [-0.39, 0.29) is 0 Å². The van der Waals surface area contributed by atoms with Crippen molar-refractivity contribution in [2.24, 2.45) is 23.7 Å². The Morgan fingerprint density at radius 2 is 1.88 bits per heavy atom. The number of ether oxygens (including phenoxy) is 1. The van der Waals surface area contributed by atoms with Crippen molar-refractivity contribution in [1.29, 1.82) is 0 Å². The lowest BCUT2D eigenvalue weighted by Gasteiger charge is -2.28. The third-order valence-corrected chi connectivity index (χ3v) is 5.42. The van der Waals surface area contributed by atoms with Gasteiger partial charge in [0.05, 0.1) is 7.11 Å². The van der Waals surface area contributed by atoms with Gasteiger partial charge in [-0.3, -0.25) is 0 Å². The van der Waals surface area contributed by atoms with Crippen LogP contribution < -0.4 is 4.74 Å². The van der Waals surface area contributed by atoms with Crippen molar-refractivity contribution in [2.75, 3.05) is 7.11 Å². The number of fused-ring (bicyclic) bond motifs is 7. The Morgan fingerprint density at radius 3 is 2.62 bits per heavy atom. The van der Waals surface area contributed by atoms with E-state index in [1.54, 1.807) is 18.2 Å². The summed E-state index contributed by atoms with van der Waals surface area (Å²) in [7, 11) is 1.81. The molecular formula is C15H14O. The molecule has 16 heavy (non-hydrogen) atoms. The van der Waals surface area contributed by atoms with Gasteiger partial charge in [0.15, 0.2) is 0 Å². The molecule has 2 saturated carbocycles. The topological polar surface area (TPSA) is 9.23 Å². The van der Waals surface area contributed by atoms with E-state index >= 15 is 0 Å². The van der Waals surface area contributed by atoms with Crippen LogP contribution in [-0.2, 0) is 0 Å². The Balaban J connectivity index is 1.77. The second kappa shape index (κ2) is 2.22. The minimum atomic E-state index is 0.829. The van der Waals surface area contributed by atoms with Gasteiger partial charge in [0.1, 0.15) is 5.75 Å². The maximum atomic E-state index is 5.55. The summed E-state index contributed by atoms with van der Waals surface area (Å²) in [6.07, 6.45) is 4.88. The summed E-state index contributed by atoms with van der Waals surface area (Å²) in [5.41, 5.74) is 3.16. The van der Waals surface area contributed by atoms with Gasteiger partial charge in [0, 0.05) is 5.56 Å². The lowest BCUT2D eigenvalue weighted by Crippen LogP contribution is -2.19. The predicted molar refractivity (Wildman–Crippen MR) is 61.6 cm³/mol. The molecule has 0 heterocycles. The molecule has 4 aliphatic rings. The smallest absolute Gasteiger partial charge is 0.122 e. The monoisotopic (exact) mass is 210 g/mol. The van der Waals surface area contributed by atoms with Crippen molar-refractivity contribution in [3.63, 3.8) is 0 Å². The molecule has 0 N–H and O–H groups in total. The first-order valence-electron chi connectivity index (χ1n) is 6.27. The zero-order valence-electron chi connectivity index (χ0n) is 9.26. The molecule has 4 aliphatic carbocycles. The van der Waals surface area contributed by atoms with Gasteiger partial charge in [-0.05, 0) is 47.1 Å². The minimum absolute atomic E-state index is 0.829. The molecule has 80 valence electrons. The number of methoxy groups -OCH3 is 1. The molecule has 0 aromatic heterocycles. The summed E-state index contributed by atoms with van der Waals surface area (Å²) in [5, 5.41) is 0. The lowest BCUT2D eigenvalue weighted by molar-refractivity contribution is 0.393. The second-order valence-corrected chi connectivity index (χ2v) is 5.71. The van der Waals surface area contributed by atoms with Gasteiger partial charge in [-0.1, -0.05) is 24.3 Å². The van der Waals surface area contributed by atoms with E-state index in [1.807, 2.05) is 0 Å². The van der Waals surface area contributed by atoms with E-state index in [0.29, 0.717) is 0 Å². The van der Waals surface area contributed by atoms with Crippen LogP contribution in [0.3, 0.4) is 0 Å². The van der Waals surface area contributed by atoms with Gasteiger partial charge in [0.25, 0.3) is 0 Å². The Labute approximate surface area is 95.1 Å². The Bertz CT molecular complexity index is 530. The number of hydrogen-bond donors (Lipinski definition) is 0. The fourth-order valence-electron chi connectivity index (χ4n) is 4.87. The highest BCUT2D eigenvalue weighted by Crippen LogP contribution is 2.80. The summed E-state index contributed by atoms with van der Waals surface area (Å²) >= 11 is 0. The molecule has 5 rings (SSSR count). The summed E-state index contributed by atoms with van der Waals surface area (Å²) in [4.78, 5) is 0. The molecule has 0 aliphatic heterocycles. The van der Waals surface area contributed by atoms with Crippen LogP contribution in [0.2, 0.25) is 0 Å². The summed E-state index contributed by atoms with van der Waals surface area (Å²) in [6.45, 7) is 0. The van der Waals surface area contributed by atoms with Crippen molar-refractivity contribution in [3.8, 4) is 5.75 Å². The van der Waals surface area contributed by atoms with Crippen LogP contribution >= 0.6 is 0 Å². The Kier molecular flexibility index (Phi) is 1.10. The van der Waals surface area contributed by atoms with E-state index in [1.165, 1.54) is 0 Å². The normalized spacial score (nSPS) is 48.1. The molecule has 0 radical (unpaired) electrons. The molecule has 1 aromatic carbocycles. The highest BCUT2D eigenvalue weighted by Gasteiger charge is 2.72. The quantitative estimate of drug-likeness (QED) is 0.647. The number of allylic oxidation sites excluding steroid dienone is 2. The Morgan fingerprint density at radius 1 is 1.00 bits per heavy atom. The van der Waals surface area contributed by atoms with Gasteiger partial charge in [-0.25, -0.2) is 0 Å². The summed E-state index contributed by atoms with van der Waals surface area (Å²) in [5.74, 6) is 6.48. The van der Waals surface area contributed by atoms with Crippen molar-refractivity contribution >= 4 is 0 Å². The molecule has 0 unspecified atom stereocenters. The van der Waals surface area contributed by atoms with Crippen LogP contribution in [-0.4, -0.2) is 7.11 Å². The first-order chi connectivity index (χ1) is 7.92. The standard InChI is InChI=1S/C15H14O/c1-16-10-4-2-3-9-11-7-5-6-8(7)13-14(11)15(13)12(9)10/h2-8,11,13-15H,1H3/t7-,8+,11-,13+,14+,15+/m0/s1. The Hall–Kier alpha value is -1.24. The first-order valence-corrected chi connectivity index (χ1v) is 6.27. The van der Waals surface area contributed by atoms with Crippen LogP contribution in [0.1, 0.15) is 23.0 Å². The van der Waals surface area contributed by atoms with Crippen LogP contribution in [0.5, 0.6) is 5.75 Å². The molecular weight excluding hydrogens is 196 g/mol. The molecule has 0 saturated heterocycles. The predicted octanol–water partition coefficient (Wildman–Crippen LogP) is 2.94. The van der Waals surface area contributed by atoms with Gasteiger partial charge >= 0.3 is 0 Å². The summed E-state index contributed by atoms with van der Waals surface area (Å²) < 4.78 is 5.55. The molecule has 1 nitrogen and oxygen atoms in total. The van der Waals surface area contributed by atoms with E-state index in [2.05, 4.69) is 30.4 Å². The maximum absolute atomic E-state index is 5.55. The molecule has 1 heteroatoms.